The number of imide groups is 1. The first-order chi connectivity index (χ1) is 14.6. The number of hydrogen-bond donors (Lipinski definition) is 1. The van der Waals surface area contributed by atoms with Crippen molar-refractivity contribution in [2.75, 3.05) is 18.5 Å². The molecule has 1 N–H and O–H groups in total. The van der Waals surface area contributed by atoms with Crippen LogP contribution in [0.25, 0.3) is 0 Å². The Bertz CT molecular complexity index is 1010. The molecule has 5 rings (SSSR count). The summed E-state index contributed by atoms with van der Waals surface area (Å²) < 4.78 is 11.4. The van der Waals surface area contributed by atoms with E-state index in [2.05, 4.69) is 5.32 Å². The Hall–Kier alpha value is -3.19. The second kappa shape index (κ2) is 7.57. The van der Waals surface area contributed by atoms with E-state index in [1.54, 1.807) is 42.5 Å². The normalized spacial score (nSPS) is 20.4. The lowest BCUT2D eigenvalue weighted by Gasteiger charge is -2.17. The third kappa shape index (κ3) is 3.68. The van der Waals surface area contributed by atoms with Crippen molar-refractivity contribution in [1.82, 2.24) is 4.90 Å². The van der Waals surface area contributed by atoms with Gasteiger partial charge in [-0.2, -0.15) is 0 Å². The van der Waals surface area contributed by atoms with Crippen molar-refractivity contribution >= 4 is 23.4 Å². The van der Waals surface area contributed by atoms with Crippen LogP contribution >= 0.6 is 0 Å². The second-order valence-electron chi connectivity index (χ2n) is 7.95. The fraction of sp³-hybridized carbons (Fsp3) is 0.348. The second-order valence-corrected chi connectivity index (χ2v) is 7.95. The third-order valence-electron chi connectivity index (χ3n) is 5.66. The van der Waals surface area contributed by atoms with Crippen LogP contribution in [0.3, 0.4) is 0 Å². The first-order valence-corrected chi connectivity index (χ1v) is 10.3. The Morgan fingerprint density at radius 1 is 1.00 bits per heavy atom. The average molecular weight is 406 g/mol. The molecule has 1 atom stereocenters. The fourth-order valence-electron chi connectivity index (χ4n) is 3.82. The molecule has 30 heavy (non-hydrogen) atoms. The van der Waals surface area contributed by atoms with E-state index in [1.165, 1.54) is 4.90 Å². The summed E-state index contributed by atoms with van der Waals surface area (Å²) in [5.41, 5.74) is 1.46. The minimum absolute atomic E-state index is 0.0537. The standard InChI is InChI=1S/C23H22N2O5/c26-21(14-3-4-14)24-15-5-7-16(8-6-15)30-17-9-10-19-20(12-17)23(28)25(22(19)27)13-18-2-1-11-29-18/h5-10,12,14,18H,1-4,11,13H2,(H,24,26)/t18-/m0/s1. The number of benzene rings is 2. The molecule has 2 aromatic carbocycles. The van der Waals surface area contributed by atoms with E-state index >= 15 is 0 Å². The summed E-state index contributed by atoms with van der Waals surface area (Å²) in [6.45, 7) is 0.964. The molecular weight excluding hydrogens is 384 g/mol. The maximum atomic E-state index is 12.8. The van der Waals surface area contributed by atoms with Gasteiger partial charge >= 0.3 is 0 Å². The van der Waals surface area contributed by atoms with Gasteiger partial charge in [-0.1, -0.05) is 0 Å². The molecule has 0 unspecified atom stereocenters. The lowest BCUT2D eigenvalue weighted by atomic mass is 10.1. The predicted octanol–water partition coefficient (Wildman–Crippen LogP) is 3.60. The summed E-state index contributed by atoms with van der Waals surface area (Å²) in [6, 6.07) is 12.0. The van der Waals surface area contributed by atoms with E-state index in [0.29, 0.717) is 29.2 Å². The highest BCUT2D eigenvalue weighted by molar-refractivity contribution is 6.21. The van der Waals surface area contributed by atoms with Crippen LogP contribution in [0, 0.1) is 5.92 Å². The van der Waals surface area contributed by atoms with Crippen molar-refractivity contribution in [1.29, 1.82) is 0 Å². The molecule has 0 bridgehead atoms. The molecule has 2 aliphatic heterocycles. The first-order valence-electron chi connectivity index (χ1n) is 10.3. The zero-order chi connectivity index (χ0) is 20.7. The molecule has 2 fully saturated rings. The van der Waals surface area contributed by atoms with Crippen molar-refractivity contribution in [2.45, 2.75) is 31.8 Å². The summed E-state index contributed by atoms with van der Waals surface area (Å²) in [7, 11) is 0. The van der Waals surface area contributed by atoms with Crippen molar-refractivity contribution < 1.29 is 23.9 Å². The van der Waals surface area contributed by atoms with E-state index in [4.69, 9.17) is 9.47 Å². The molecule has 0 radical (unpaired) electrons. The topological polar surface area (TPSA) is 84.9 Å². The highest BCUT2D eigenvalue weighted by Gasteiger charge is 2.37. The molecule has 7 heteroatoms. The predicted molar refractivity (Wildman–Crippen MR) is 109 cm³/mol. The maximum Gasteiger partial charge on any atom is 0.261 e. The van der Waals surface area contributed by atoms with Gasteiger partial charge in [0.15, 0.2) is 0 Å². The van der Waals surface area contributed by atoms with Gasteiger partial charge in [-0.3, -0.25) is 19.3 Å². The lowest BCUT2D eigenvalue weighted by molar-refractivity contribution is -0.117. The first kappa shape index (κ1) is 18.8. The molecule has 0 spiro atoms. The summed E-state index contributed by atoms with van der Waals surface area (Å²) in [4.78, 5) is 38.5. The quantitative estimate of drug-likeness (QED) is 0.741. The maximum absolute atomic E-state index is 12.8. The zero-order valence-corrected chi connectivity index (χ0v) is 16.4. The Morgan fingerprint density at radius 3 is 2.43 bits per heavy atom. The van der Waals surface area contributed by atoms with Gasteiger partial charge in [0.2, 0.25) is 5.91 Å². The number of carbonyl (C=O) groups excluding carboxylic acids is 3. The summed E-state index contributed by atoms with van der Waals surface area (Å²) in [6.07, 6.45) is 3.64. The summed E-state index contributed by atoms with van der Waals surface area (Å²) in [5, 5.41) is 2.88. The third-order valence-corrected chi connectivity index (χ3v) is 5.66. The number of amides is 3. The molecule has 2 heterocycles. The van der Waals surface area contributed by atoms with Crippen LogP contribution in [0.1, 0.15) is 46.4 Å². The molecule has 1 saturated carbocycles. The van der Waals surface area contributed by atoms with Crippen LogP contribution in [0.5, 0.6) is 11.5 Å². The summed E-state index contributed by atoms with van der Waals surface area (Å²) >= 11 is 0. The molecule has 7 nitrogen and oxygen atoms in total. The van der Waals surface area contributed by atoms with Crippen molar-refractivity contribution in [3.05, 3.63) is 53.6 Å². The summed E-state index contributed by atoms with van der Waals surface area (Å²) in [5.74, 6) is 0.656. The minimum Gasteiger partial charge on any atom is -0.457 e. The van der Waals surface area contributed by atoms with Crippen LogP contribution < -0.4 is 10.1 Å². The molecule has 154 valence electrons. The van der Waals surface area contributed by atoms with Crippen LogP contribution in [-0.4, -0.2) is 41.9 Å². The monoisotopic (exact) mass is 406 g/mol. The zero-order valence-electron chi connectivity index (χ0n) is 16.4. The molecule has 0 aromatic heterocycles. The van der Waals surface area contributed by atoms with Gasteiger partial charge in [-0.15, -0.1) is 0 Å². The molecule has 1 aliphatic carbocycles. The minimum atomic E-state index is -0.311. The lowest BCUT2D eigenvalue weighted by Crippen LogP contribution is -2.36. The van der Waals surface area contributed by atoms with E-state index in [0.717, 1.165) is 31.4 Å². The van der Waals surface area contributed by atoms with E-state index in [-0.39, 0.29) is 36.3 Å². The Kier molecular flexibility index (Phi) is 4.75. The van der Waals surface area contributed by atoms with Gasteiger partial charge in [-0.25, -0.2) is 0 Å². The largest absolute Gasteiger partial charge is 0.457 e. The highest BCUT2D eigenvalue weighted by Crippen LogP contribution is 2.32. The molecule has 3 amide bonds. The molecule has 1 saturated heterocycles. The smallest absolute Gasteiger partial charge is 0.261 e. The highest BCUT2D eigenvalue weighted by atomic mass is 16.5. The number of anilines is 1. The van der Waals surface area contributed by atoms with Crippen LogP contribution in [0.15, 0.2) is 42.5 Å². The number of hydrogen-bond acceptors (Lipinski definition) is 5. The molecule has 2 aromatic rings. The van der Waals surface area contributed by atoms with Gasteiger partial charge in [-0.05, 0) is 68.1 Å². The molecule has 3 aliphatic rings. The van der Waals surface area contributed by atoms with Gasteiger partial charge in [0.25, 0.3) is 11.8 Å². The fourth-order valence-corrected chi connectivity index (χ4v) is 3.82. The number of rotatable bonds is 6. The van der Waals surface area contributed by atoms with Gasteiger partial charge in [0, 0.05) is 18.2 Å². The van der Waals surface area contributed by atoms with Crippen LogP contribution in [0.2, 0.25) is 0 Å². The number of ether oxygens (including phenoxy) is 2. The Morgan fingerprint density at radius 2 is 1.73 bits per heavy atom. The van der Waals surface area contributed by atoms with Crippen LogP contribution in [-0.2, 0) is 9.53 Å². The van der Waals surface area contributed by atoms with Crippen molar-refractivity contribution in [3.63, 3.8) is 0 Å². The molecular formula is C23H22N2O5. The van der Waals surface area contributed by atoms with E-state index in [1.807, 2.05) is 0 Å². The number of carbonyl (C=O) groups is 3. The van der Waals surface area contributed by atoms with Crippen molar-refractivity contribution in [3.8, 4) is 11.5 Å². The van der Waals surface area contributed by atoms with Gasteiger partial charge < -0.3 is 14.8 Å². The van der Waals surface area contributed by atoms with E-state index < -0.39 is 0 Å². The van der Waals surface area contributed by atoms with Crippen LogP contribution in [0.4, 0.5) is 5.69 Å². The van der Waals surface area contributed by atoms with Crippen molar-refractivity contribution in [2.24, 2.45) is 5.92 Å². The number of nitrogens with one attached hydrogen (secondary N) is 1. The van der Waals surface area contributed by atoms with Gasteiger partial charge in [0.1, 0.15) is 11.5 Å². The average Bonchev–Trinajstić information content (AvgIpc) is 3.44. The number of nitrogens with zero attached hydrogens (tertiary/aromatic N) is 1. The van der Waals surface area contributed by atoms with E-state index in [9.17, 15) is 14.4 Å². The van der Waals surface area contributed by atoms with Gasteiger partial charge in [0.05, 0.1) is 23.8 Å². The Labute approximate surface area is 174 Å². The Balaban J connectivity index is 1.27. The number of fused-ring (bicyclic) bond motifs is 1. The SMILES string of the molecule is O=C(Nc1ccc(Oc2ccc3c(c2)C(=O)N(C[C@@H]2CCCO2)C3=O)cc1)C1CC1.